The van der Waals surface area contributed by atoms with E-state index >= 15 is 0 Å². The van der Waals surface area contributed by atoms with E-state index in [0.29, 0.717) is 22.3 Å². The molecule has 4 aromatic carbocycles. The summed E-state index contributed by atoms with van der Waals surface area (Å²) in [5.41, 5.74) is 2.62. The smallest absolute Gasteiger partial charge is 0.268 e. The molecule has 0 bridgehead atoms. The van der Waals surface area contributed by atoms with Crippen LogP contribution in [0.2, 0.25) is 5.02 Å². The minimum Gasteiger partial charge on any atom is -0.360 e. The third kappa shape index (κ3) is 4.87. The number of nitrogens with one attached hydrogen (secondary N) is 1. The molecule has 5 aromatic rings. The standard InChI is InChI=1S/C31H28ClFN4O2S/c1-2-35-15-17-36(18-16-35)24-7-9-25(10-8-24)37(40(38,39)26-11-12-29(33)28(32)21-26)31-13-14-34-30-20-23-6-4-3-5-22(23)19-27(30)31/h3-14,19-21H,2,15-18H2,1H3/p+1. The Morgan fingerprint density at radius 1 is 0.950 bits per heavy atom. The zero-order valence-corrected chi connectivity index (χ0v) is 23.6. The van der Waals surface area contributed by atoms with Crippen LogP contribution in [0, 0.1) is 5.82 Å². The molecule has 1 saturated heterocycles. The van der Waals surface area contributed by atoms with Crippen molar-refractivity contribution in [3.05, 3.63) is 102 Å². The van der Waals surface area contributed by atoms with Crippen LogP contribution in [0.3, 0.4) is 0 Å². The Hall–Kier alpha value is -3.72. The summed E-state index contributed by atoms with van der Waals surface area (Å²) >= 11 is 6.03. The Morgan fingerprint density at radius 3 is 2.33 bits per heavy atom. The summed E-state index contributed by atoms with van der Waals surface area (Å²) in [6, 6.07) is 24.5. The summed E-state index contributed by atoms with van der Waals surface area (Å²) in [6.45, 7) is 7.35. The maximum absolute atomic E-state index is 14.3. The van der Waals surface area contributed by atoms with Crippen molar-refractivity contribution in [2.24, 2.45) is 0 Å². The molecule has 1 N–H and O–H groups in total. The third-order valence-electron chi connectivity index (χ3n) is 7.65. The largest absolute Gasteiger partial charge is 0.360 e. The van der Waals surface area contributed by atoms with Gasteiger partial charge in [-0.25, -0.2) is 17.1 Å². The van der Waals surface area contributed by atoms with Crippen LogP contribution in [-0.4, -0.2) is 46.1 Å². The van der Waals surface area contributed by atoms with Gasteiger partial charge in [0, 0.05) is 17.3 Å². The lowest BCUT2D eigenvalue weighted by atomic mass is 10.1. The Labute approximate surface area is 238 Å². The van der Waals surface area contributed by atoms with Crippen LogP contribution in [-0.2, 0) is 10.0 Å². The highest BCUT2D eigenvalue weighted by atomic mass is 35.5. The van der Waals surface area contributed by atoms with Gasteiger partial charge in [-0.05, 0) is 78.4 Å². The van der Waals surface area contributed by atoms with E-state index in [1.807, 2.05) is 60.7 Å². The van der Waals surface area contributed by atoms with E-state index in [1.165, 1.54) is 10.4 Å². The number of hydrogen-bond donors (Lipinski definition) is 1. The summed E-state index contributed by atoms with van der Waals surface area (Å²) in [7, 11) is -4.20. The number of likely N-dealkylation sites (N-methyl/N-ethyl adjacent to an activating group) is 1. The van der Waals surface area contributed by atoms with Gasteiger partial charge in [0.1, 0.15) is 5.82 Å². The molecule has 0 amide bonds. The number of sulfonamides is 1. The molecule has 1 aromatic heterocycles. The second-order valence-electron chi connectivity index (χ2n) is 10.00. The van der Waals surface area contributed by atoms with Crippen molar-refractivity contribution in [3.63, 3.8) is 0 Å². The molecular weight excluding hydrogens is 547 g/mol. The maximum atomic E-state index is 14.3. The molecule has 6 rings (SSSR count). The van der Waals surface area contributed by atoms with Gasteiger partial charge in [-0.2, -0.15) is 0 Å². The van der Waals surface area contributed by atoms with Gasteiger partial charge in [-0.3, -0.25) is 4.98 Å². The van der Waals surface area contributed by atoms with Gasteiger partial charge < -0.3 is 9.80 Å². The van der Waals surface area contributed by atoms with Crippen LogP contribution < -0.4 is 14.1 Å². The number of piperazine rings is 1. The maximum Gasteiger partial charge on any atom is 0.268 e. The van der Waals surface area contributed by atoms with E-state index in [1.54, 1.807) is 17.2 Å². The van der Waals surface area contributed by atoms with E-state index in [0.717, 1.165) is 61.3 Å². The van der Waals surface area contributed by atoms with Gasteiger partial charge in [0.15, 0.2) is 0 Å². The summed E-state index contributed by atoms with van der Waals surface area (Å²) in [5.74, 6) is -0.678. The monoisotopic (exact) mass is 575 g/mol. The minimum atomic E-state index is -4.20. The van der Waals surface area contributed by atoms with Crippen molar-refractivity contribution in [3.8, 4) is 0 Å². The molecule has 1 aliphatic rings. The molecule has 0 radical (unpaired) electrons. The minimum absolute atomic E-state index is 0.104. The zero-order valence-electron chi connectivity index (χ0n) is 22.0. The van der Waals surface area contributed by atoms with Gasteiger partial charge in [0.25, 0.3) is 10.0 Å². The number of benzene rings is 4. The highest BCUT2D eigenvalue weighted by Crippen LogP contribution is 2.39. The molecule has 0 aliphatic carbocycles. The topological polar surface area (TPSA) is 58.0 Å². The second-order valence-corrected chi connectivity index (χ2v) is 12.2. The van der Waals surface area contributed by atoms with Crippen LogP contribution in [0.4, 0.5) is 21.5 Å². The average molecular weight is 576 g/mol. The number of halogens is 2. The molecule has 2 heterocycles. The lowest BCUT2D eigenvalue weighted by Crippen LogP contribution is -3.14. The second kappa shape index (κ2) is 10.7. The molecule has 204 valence electrons. The fourth-order valence-corrected chi connectivity index (χ4v) is 7.16. The molecular formula is C31H29ClFN4O2S+. The number of hydrogen-bond acceptors (Lipinski definition) is 4. The SMILES string of the molecule is CC[NH+]1CCN(c2ccc(N(c3ccnc4cc5ccccc5cc34)S(=O)(=O)c3ccc(F)c(Cl)c3)cc2)CC1. The Balaban J connectivity index is 1.50. The average Bonchev–Trinajstić information content (AvgIpc) is 2.98. The number of quaternary nitrogens is 1. The molecule has 6 nitrogen and oxygen atoms in total. The van der Waals surface area contributed by atoms with Gasteiger partial charge in [-0.1, -0.05) is 35.9 Å². The zero-order chi connectivity index (χ0) is 27.9. The lowest BCUT2D eigenvalue weighted by Gasteiger charge is -2.33. The Kier molecular flexibility index (Phi) is 7.08. The van der Waals surface area contributed by atoms with Crippen molar-refractivity contribution in [1.29, 1.82) is 0 Å². The normalized spacial score (nSPS) is 14.6. The molecule has 40 heavy (non-hydrogen) atoms. The van der Waals surface area contributed by atoms with E-state index < -0.39 is 15.8 Å². The summed E-state index contributed by atoms with van der Waals surface area (Å²) in [5, 5.41) is 2.40. The predicted octanol–water partition coefficient (Wildman–Crippen LogP) is 5.43. The van der Waals surface area contributed by atoms with Crippen molar-refractivity contribution in [2.75, 3.05) is 41.9 Å². The van der Waals surface area contributed by atoms with Crippen molar-refractivity contribution < 1.29 is 17.7 Å². The van der Waals surface area contributed by atoms with E-state index in [2.05, 4.69) is 16.8 Å². The lowest BCUT2D eigenvalue weighted by molar-refractivity contribution is -0.898. The first-order valence-corrected chi connectivity index (χ1v) is 15.1. The molecule has 0 spiro atoms. The third-order valence-corrected chi connectivity index (χ3v) is 9.68. The van der Waals surface area contributed by atoms with E-state index in [4.69, 9.17) is 11.6 Å². The number of nitrogens with zero attached hydrogens (tertiary/aromatic N) is 3. The highest BCUT2D eigenvalue weighted by Gasteiger charge is 2.29. The predicted molar refractivity (Wildman–Crippen MR) is 160 cm³/mol. The fourth-order valence-electron chi connectivity index (χ4n) is 5.38. The van der Waals surface area contributed by atoms with Gasteiger partial charge in [0.2, 0.25) is 0 Å². The number of aromatic nitrogens is 1. The van der Waals surface area contributed by atoms with Crippen LogP contribution in [0.25, 0.3) is 21.7 Å². The van der Waals surface area contributed by atoms with Gasteiger partial charge >= 0.3 is 0 Å². The van der Waals surface area contributed by atoms with Crippen LogP contribution in [0.15, 0.2) is 96.0 Å². The van der Waals surface area contributed by atoms with Crippen LogP contribution in [0.5, 0.6) is 0 Å². The van der Waals surface area contributed by atoms with E-state index in [9.17, 15) is 12.8 Å². The van der Waals surface area contributed by atoms with Gasteiger partial charge in [0.05, 0.1) is 59.5 Å². The molecule has 0 unspecified atom stereocenters. The van der Waals surface area contributed by atoms with Crippen molar-refractivity contribution in [2.45, 2.75) is 11.8 Å². The summed E-state index contributed by atoms with van der Waals surface area (Å²) in [4.78, 5) is 8.34. The number of rotatable bonds is 6. The first kappa shape index (κ1) is 26.5. The van der Waals surface area contributed by atoms with Crippen molar-refractivity contribution in [1.82, 2.24) is 4.98 Å². The molecule has 0 atom stereocenters. The highest BCUT2D eigenvalue weighted by molar-refractivity contribution is 7.93. The molecule has 1 fully saturated rings. The first-order chi connectivity index (χ1) is 19.3. The summed E-state index contributed by atoms with van der Waals surface area (Å²) in [6.07, 6.45) is 1.61. The van der Waals surface area contributed by atoms with Crippen LogP contribution >= 0.6 is 11.6 Å². The molecule has 0 saturated carbocycles. The number of fused-ring (bicyclic) bond motifs is 2. The van der Waals surface area contributed by atoms with Crippen molar-refractivity contribution >= 4 is 60.4 Å². The van der Waals surface area contributed by atoms with Crippen LogP contribution in [0.1, 0.15) is 6.92 Å². The Morgan fingerprint density at radius 2 is 1.65 bits per heavy atom. The number of anilines is 3. The number of pyridine rings is 1. The van der Waals surface area contributed by atoms with Gasteiger partial charge in [-0.15, -0.1) is 0 Å². The summed E-state index contributed by atoms with van der Waals surface area (Å²) < 4.78 is 43.8. The Bertz CT molecular complexity index is 1810. The quantitative estimate of drug-likeness (QED) is 0.274. The molecule has 9 heteroatoms. The van der Waals surface area contributed by atoms with E-state index in [-0.39, 0.29) is 9.92 Å². The fraction of sp³-hybridized carbons (Fsp3) is 0.194. The molecule has 1 aliphatic heterocycles. The first-order valence-electron chi connectivity index (χ1n) is 13.3.